The standard InChI is InChI=1S/C18H20FN5O3S/c1-12-7-14(9-16(25)18(12)19)24-15-11-20-17(8-13(15)10-21-24)22-3-5-23(6-4-22)28(2,26)27/h7-11,25H,3-6H2,1-2H3. The van der Waals surface area contributed by atoms with E-state index in [9.17, 15) is 17.9 Å². The van der Waals surface area contributed by atoms with Crippen molar-refractivity contribution in [3.05, 3.63) is 42.0 Å². The zero-order valence-corrected chi connectivity index (χ0v) is 16.3. The molecule has 1 aliphatic heterocycles. The van der Waals surface area contributed by atoms with Gasteiger partial charge in [-0.2, -0.15) is 9.40 Å². The van der Waals surface area contributed by atoms with Gasteiger partial charge < -0.3 is 10.0 Å². The first kappa shape index (κ1) is 18.6. The number of fused-ring (bicyclic) bond motifs is 1. The summed E-state index contributed by atoms with van der Waals surface area (Å²) in [7, 11) is -3.18. The zero-order chi connectivity index (χ0) is 20.1. The summed E-state index contributed by atoms with van der Waals surface area (Å²) >= 11 is 0. The van der Waals surface area contributed by atoms with Crippen molar-refractivity contribution in [3.8, 4) is 11.4 Å². The van der Waals surface area contributed by atoms with Crippen molar-refractivity contribution in [1.82, 2.24) is 19.1 Å². The highest BCUT2D eigenvalue weighted by atomic mass is 32.2. The minimum atomic E-state index is -3.18. The van der Waals surface area contributed by atoms with Crippen LogP contribution in [0.15, 0.2) is 30.6 Å². The lowest BCUT2D eigenvalue weighted by Crippen LogP contribution is -2.48. The molecule has 1 aromatic carbocycles. The van der Waals surface area contributed by atoms with E-state index < -0.39 is 21.6 Å². The van der Waals surface area contributed by atoms with Gasteiger partial charge in [-0.15, -0.1) is 0 Å². The Balaban J connectivity index is 1.62. The molecule has 1 saturated heterocycles. The van der Waals surface area contributed by atoms with Crippen LogP contribution in [0, 0.1) is 12.7 Å². The normalized spacial score (nSPS) is 16.0. The molecule has 0 radical (unpaired) electrons. The molecule has 148 valence electrons. The highest BCUT2D eigenvalue weighted by molar-refractivity contribution is 7.88. The summed E-state index contributed by atoms with van der Waals surface area (Å²) < 4.78 is 40.0. The SMILES string of the molecule is Cc1cc(-n2ncc3cc(N4CCN(S(C)(=O)=O)CC4)ncc32)cc(O)c1F. The van der Waals surface area contributed by atoms with Crippen LogP contribution in [0.2, 0.25) is 0 Å². The molecular formula is C18H20FN5O3S. The van der Waals surface area contributed by atoms with Crippen molar-refractivity contribution in [2.75, 3.05) is 37.3 Å². The summed E-state index contributed by atoms with van der Waals surface area (Å²) in [5.41, 5.74) is 1.60. The highest BCUT2D eigenvalue weighted by Crippen LogP contribution is 2.27. The van der Waals surface area contributed by atoms with Gasteiger partial charge in [0.15, 0.2) is 11.6 Å². The van der Waals surface area contributed by atoms with Crippen LogP contribution < -0.4 is 4.90 Å². The maximum absolute atomic E-state index is 13.7. The molecule has 1 fully saturated rings. The molecule has 2 aromatic heterocycles. The Morgan fingerprint density at radius 3 is 2.46 bits per heavy atom. The van der Waals surface area contributed by atoms with Gasteiger partial charge in [0.25, 0.3) is 0 Å². The summed E-state index contributed by atoms with van der Waals surface area (Å²) in [5, 5.41) is 14.9. The van der Waals surface area contributed by atoms with Crippen LogP contribution in [0.3, 0.4) is 0 Å². The molecule has 28 heavy (non-hydrogen) atoms. The van der Waals surface area contributed by atoms with Crippen LogP contribution in [0.4, 0.5) is 10.2 Å². The van der Waals surface area contributed by atoms with Crippen molar-refractivity contribution in [3.63, 3.8) is 0 Å². The first-order valence-corrected chi connectivity index (χ1v) is 10.6. The van der Waals surface area contributed by atoms with Crippen LogP contribution >= 0.6 is 0 Å². The van der Waals surface area contributed by atoms with Gasteiger partial charge in [-0.25, -0.2) is 22.5 Å². The number of aryl methyl sites for hydroxylation is 1. The first-order valence-electron chi connectivity index (χ1n) is 8.77. The van der Waals surface area contributed by atoms with Crippen molar-refractivity contribution in [2.24, 2.45) is 0 Å². The second-order valence-corrected chi connectivity index (χ2v) is 8.88. The molecule has 0 bridgehead atoms. The third-order valence-corrected chi connectivity index (χ3v) is 6.24. The summed E-state index contributed by atoms with van der Waals surface area (Å²) in [4.78, 5) is 6.53. The van der Waals surface area contributed by atoms with Gasteiger partial charge in [-0.3, -0.25) is 0 Å². The molecule has 0 aliphatic carbocycles. The van der Waals surface area contributed by atoms with Gasteiger partial charge in [-0.1, -0.05) is 0 Å². The molecule has 0 atom stereocenters. The number of phenolic OH excluding ortho intramolecular Hbond substituents is 1. The molecule has 0 saturated carbocycles. The lowest BCUT2D eigenvalue weighted by atomic mass is 10.2. The Hall–Kier alpha value is -2.72. The van der Waals surface area contributed by atoms with Gasteiger partial charge in [0.1, 0.15) is 5.82 Å². The van der Waals surface area contributed by atoms with Crippen molar-refractivity contribution < 1.29 is 17.9 Å². The topological polar surface area (TPSA) is 91.6 Å². The predicted octanol–water partition coefficient (Wildman–Crippen LogP) is 1.66. The minimum Gasteiger partial charge on any atom is -0.505 e. The van der Waals surface area contributed by atoms with Crippen molar-refractivity contribution >= 4 is 26.7 Å². The first-order chi connectivity index (χ1) is 13.2. The molecule has 1 aliphatic rings. The third-order valence-electron chi connectivity index (χ3n) is 4.94. The quantitative estimate of drug-likeness (QED) is 0.713. The van der Waals surface area contributed by atoms with Crippen LogP contribution in [0.25, 0.3) is 16.6 Å². The van der Waals surface area contributed by atoms with E-state index in [4.69, 9.17) is 0 Å². The van der Waals surface area contributed by atoms with Gasteiger partial charge >= 0.3 is 0 Å². The number of pyridine rings is 1. The number of hydrogen-bond acceptors (Lipinski definition) is 6. The molecular weight excluding hydrogens is 385 g/mol. The predicted molar refractivity (Wildman–Crippen MR) is 104 cm³/mol. The number of nitrogens with zero attached hydrogens (tertiary/aromatic N) is 5. The largest absolute Gasteiger partial charge is 0.505 e. The third kappa shape index (κ3) is 3.29. The molecule has 0 unspecified atom stereocenters. The molecule has 0 amide bonds. The Labute approximate surface area is 161 Å². The zero-order valence-electron chi connectivity index (χ0n) is 15.5. The van der Waals surface area contributed by atoms with E-state index in [1.165, 1.54) is 16.6 Å². The molecule has 1 N–H and O–H groups in total. The van der Waals surface area contributed by atoms with E-state index >= 15 is 0 Å². The van der Waals surface area contributed by atoms with Gasteiger partial charge in [-0.05, 0) is 24.6 Å². The second kappa shape index (κ2) is 6.71. The van der Waals surface area contributed by atoms with E-state index in [1.54, 1.807) is 30.1 Å². The summed E-state index contributed by atoms with van der Waals surface area (Å²) in [6.07, 6.45) is 4.58. The fourth-order valence-corrected chi connectivity index (χ4v) is 4.22. The maximum atomic E-state index is 13.7. The number of rotatable bonds is 3. The lowest BCUT2D eigenvalue weighted by Gasteiger charge is -2.33. The molecule has 10 heteroatoms. The fourth-order valence-electron chi connectivity index (χ4n) is 3.40. The maximum Gasteiger partial charge on any atom is 0.211 e. The average molecular weight is 405 g/mol. The van der Waals surface area contributed by atoms with E-state index in [-0.39, 0.29) is 0 Å². The van der Waals surface area contributed by atoms with Gasteiger partial charge in [0.2, 0.25) is 10.0 Å². The number of halogens is 1. The van der Waals surface area contributed by atoms with E-state index in [2.05, 4.69) is 10.1 Å². The average Bonchev–Trinajstić information content (AvgIpc) is 3.08. The Bertz CT molecular complexity index is 1130. The number of aromatic hydroxyl groups is 1. The van der Waals surface area contributed by atoms with Gasteiger partial charge in [0.05, 0.1) is 29.9 Å². The van der Waals surface area contributed by atoms with Gasteiger partial charge in [0, 0.05) is 37.6 Å². The molecule has 8 nitrogen and oxygen atoms in total. The number of anilines is 1. The molecule has 4 rings (SSSR count). The molecule has 0 spiro atoms. The van der Waals surface area contributed by atoms with Crippen LogP contribution in [0.1, 0.15) is 5.56 Å². The second-order valence-electron chi connectivity index (χ2n) is 6.90. The number of piperazine rings is 1. The monoisotopic (exact) mass is 405 g/mol. The molecule has 3 heterocycles. The lowest BCUT2D eigenvalue weighted by molar-refractivity contribution is 0.387. The smallest absolute Gasteiger partial charge is 0.211 e. The summed E-state index contributed by atoms with van der Waals surface area (Å²) in [5.74, 6) is -0.320. The molecule has 3 aromatic rings. The van der Waals surface area contributed by atoms with Crippen molar-refractivity contribution in [1.29, 1.82) is 0 Å². The fraction of sp³-hybridized carbons (Fsp3) is 0.333. The van der Waals surface area contributed by atoms with Crippen LogP contribution in [-0.2, 0) is 10.0 Å². The van der Waals surface area contributed by atoms with E-state index in [1.807, 2.05) is 11.0 Å². The number of hydrogen-bond donors (Lipinski definition) is 1. The number of phenols is 1. The summed E-state index contributed by atoms with van der Waals surface area (Å²) in [6.45, 7) is 3.55. The van der Waals surface area contributed by atoms with Crippen LogP contribution in [-0.4, -0.2) is 65.0 Å². The Kier molecular flexibility index (Phi) is 4.47. The van der Waals surface area contributed by atoms with Crippen molar-refractivity contribution in [2.45, 2.75) is 6.92 Å². The Morgan fingerprint density at radius 1 is 1.11 bits per heavy atom. The number of sulfonamides is 1. The number of aromatic nitrogens is 3. The minimum absolute atomic E-state index is 0.326. The Morgan fingerprint density at radius 2 is 1.82 bits per heavy atom. The van der Waals surface area contributed by atoms with Crippen LogP contribution in [0.5, 0.6) is 5.75 Å². The highest BCUT2D eigenvalue weighted by Gasteiger charge is 2.24. The number of benzene rings is 1. The van der Waals surface area contributed by atoms with E-state index in [0.29, 0.717) is 37.4 Å². The van der Waals surface area contributed by atoms with E-state index in [0.717, 1.165) is 16.7 Å². The summed E-state index contributed by atoms with van der Waals surface area (Å²) in [6, 6.07) is 4.83.